The third-order valence-corrected chi connectivity index (χ3v) is 4.08. The molecule has 6 nitrogen and oxygen atoms in total. The molecule has 2 heterocycles. The number of hydrogen-bond donors (Lipinski definition) is 2. The van der Waals surface area contributed by atoms with Crippen LogP contribution in [-0.4, -0.2) is 15.5 Å². The lowest BCUT2D eigenvalue weighted by atomic mass is 10.2. The summed E-state index contributed by atoms with van der Waals surface area (Å²) in [5, 5.41) is 2.38. The molecule has 0 saturated heterocycles. The van der Waals surface area contributed by atoms with E-state index in [1.807, 2.05) is 18.4 Å². The van der Waals surface area contributed by atoms with E-state index >= 15 is 0 Å². The summed E-state index contributed by atoms with van der Waals surface area (Å²) in [6, 6.07) is 10.7. The maximum Gasteiger partial charge on any atom is 0.279 e. The fourth-order valence-corrected chi connectivity index (χ4v) is 2.76. The molecule has 22 heavy (non-hydrogen) atoms. The molecule has 2 N–H and O–H groups in total. The van der Waals surface area contributed by atoms with Crippen molar-refractivity contribution in [2.45, 2.75) is 13.5 Å². The van der Waals surface area contributed by atoms with Crippen molar-refractivity contribution in [2.24, 2.45) is 0 Å². The molecule has 0 spiro atoms. The largest absolute Gasteiger partial charge is 0.279 e. The van der Waals surface area contributed by atoms with Crippen molar-refractivity contribution in [1.82, 2.24) is 15.0 Å². The molecule has 0 bridgehead atoms. The highest BCUT2D eigenvalue weighted by Gasteiger charge is 2.11. The van der Waals surface area contributed by atoms with Gasteiger partial charge in [-0.1, -0.05) is 18.2 Å². The summed E-state index contributed by atoms with van der Waals surface area (Å²) in [4.78, 5) is 29.4. The summed E-state index contributed by atoms with van der Waals surface area (Å²) in [7, 11) is 0. The van der Waals surface area contributed by atoms with E-state index in [1.165, 1.54) is 15.9 Å². The van der Waals surface area contributed by atoms with E-state index in [2.05, 4.69) is 15.8 Å². The number of thiophene rings is 1. The van der Waals surface area contributed by atoms with E-state index in [-0.39, 0.29) is 11.5 Å². The molecular weight excluding hydrogens is 300 g/mol. The number of carbonyl (C=O) groups excluding carboxylic acids is 1. The van der Waals surface area contributed by atoms with Crippen molar-refractivity contribution in [1.29, 1.82) is 0 Å². The lowest BCUT2D eigenvalue weighted by Crippen LogP contribution is -2.34. The standard InChI is InChI=1S/C15H14N4O2S/c1-2-19-14(21)10-6-3-4-7-11(10)16-15(19)18-17-13(20)12-8-5-9-22-12/h3-9H,2H2,1H3,(H,16,18)(H,17,20). The molecule has 2 aromatic heterocycles. The minimum atomic E-state index is -0.264. The summed E-state index contributed by atoms with van der Waals surface area (Å²) in [6.45, 7) is 2.30. The van der Waals surface area contributed by atoms with Crippen LogP contribution >= 0.6 is 11.3 Å². The van der Waals surface area contributed by atoms with E-state index in [0.717, 1.165) is 0 Å². The molecule has 0 aliphatic carbocycles. The van der Waals surface area contributed by atoms with Crippen molar-refractivity contribution < 1.29 is 4.79 Å². The Morgan fingerprint density at radius 2 is 2.09 bits per heavy atom. The van der Waals surface area contributed by atoms with Crippen molar-refractivity contribution >= 4 is 34.1 Å². The van der Waals surface area contributed by atoms with Crippen LogP contribution in [0.2, 0.25) is 0 Å². The second-order valence-electron chi connectivity index (χ2n) is 4.56. The Morgan fingerprint density at radius 1 is 1.27 bits per heavy atom. The van der Waals surface area contributed by atoms with E-state index in [0.29, 0.717) is 28.3 Å². The molecule has 112 valence electrons. The average Bonchev–Trinajstić information content (AvgIpc) is 3.07. The van der Waals surface area contributed by atoms with Gasteiger partial charge in [0.1, 0.15) is 0 Å². The number of amides is 1. The quantitative estimate of drug-likeness (QED) is 0.724. The van der Waals surface area contributed by atoms with E-state index in [1.54, 1.807) is 30.3 Å². The number of nitrogens with zero attached hydrogens (tertiary/aromatic N) is 2. The Balaban J connectivity index is 1.93. The fourth-order valence-electron chi connectivity index (χ4n) is 2.14. The Kier molecular flexibility index (Phi) is 3.88. The number of hydrazine groups is 1. The van der Waals surface area contributed by atoms with Gasteiger partial charge in [0.15, 0.2) is 0 Å². The number of benzene rings is 1. The first kappa shape index (κ1) is 14.3. The molecule has 0 aliphatic heterocycles. The molecule has 3 aromatic rings. The molecule has 0 fully saturated rings. The van der Waals surface area contributed by atoms with Gasteiger partial charge in [0.05, 0.1) is 15.8 Å². The van der Waals surface area contributed by atoms with Crippen LogP contribution in [0.1, 0.15) is 16.6 Å². The first-order valence-corrected chi connectivity index (χ1v) is 7.68. The van der Waals surface area contributed by atoms with Gasteiger partial charge in [0, 0.05) is 6.54 Å². The second-order valence-corrected chi connectivity index (χ2v) is 5.51. The topological polar surface area (TPSA) is 76.0 Å². The number of anilines is 1. The molecule has 0 atom stereocenters. The van der Waals surface area contributed by atoms with Gasteiger partial charge < -0.3 is 0 Å². The van der Waals surface area contributed by atoms with Crippen LogP contribution in [0.25, 0.3) is 10.9 Å². The van der Waals surface area contributed by atoms with Crippen LogP contribution in [0.4, 0.5) is 5.95 Å². The van der Waals surface area contributed by atoms with Crippen LogP contribution in [-0.2, 0) is 6.54 Å². The Hall–Kier alpha value is -2.67. The number of hydrogen-bond acceptors (Lipinski definition) is 5. The first-order chi connectivity index (χ1) is 10.7. The lowest BCUT2D eigenvalue weighted by molar-refractivity contribution is 0.0966. The molecule has 0 saturated carbocycles. The summed E-state index contributed by atoms with van der Waals surface area (Å²) in [5.74, 6) is 0.0520. The number of rotatable bonds is 4. The van der Waals surface area contributed by atoms with Crippen molar-refractivity contribution in [3.05, 3.63) is 57.0 Å². The fraction of sp³-hybridized carbons (Fsp3) is 0.133. The minimum absolute atomic E-state index is 0.138. The Morgan fingerprint density at radius 3 is 2.82 bits per heavy atom. The molecule has 0 unspecified atom stereocenters. The highest BCUT2D eigenvalue weighted by molar-refractivity contribution is 7.12. The normalized spacial score (nSPS) is 10.6. The van der Waals surface area contributed by atoms with E-state index < -0.39 is 0 Å². The molecule has 0 aliphatic rings. The van der Waals surface area contributed by atoms with Crippen LogP contribution in [0, 0.1) is 0 Å². The zero-order valence-electron chi connectivity index (χ0n) is 11.9. The molecule has 1 aromatic carbocycles. The third-order valence-electron chi connectivity index (χ3n) is 3.21. The maximum absolute atomic E-state index is 12.4. The van der Waals surface area contributed by atoms with Gasteiger partial charge in [0.25, 0.3) is 11.5 Å². The first-order valence-electron chi connectivity index (χ1n) is 6.80. The van der Waals surface area contributed by atoms with Gasteiger partial charge in [-0.25, -0.2) is 4.98 Å². The summed E-state index contributed by atoms with van der Waals surface area (Å²) < 4.78 is 1.48. The van der Waals surface area contributed by atoms with Crippen LogP contribution in [0.5, 0.6) is 0 Å². The second kappa shape index (κ2) is 5.98. The van der Waals surface area contributed by atoms with E-state index in [4.69, 9.17) is 0 Å². The van der Waals surface area contributed by atoms with Gasteiger partial charge in [-0.05, 0) is 30.5 Å². The Labute approximate surface area is 130 Å². The number of carbonyl (C=O) groups is 1. The molecule has 7 heteroatoms. The summed E-state index contributed by atoms with van der Waals surface area (Å²) >= 11 is 1.34. The van der Waals surface area contributed by atoms with Gasteiger partial charge in [-0.2, -0.15) is 0 Å². The zero-order valence-corrected chi connectivity index (χ0v) is 12.7. The minimum Gasteiger partial charge on any atom is -0.277 e. The predicted molar refractivity (Wildman–Crippen MR) is 87.1 cm³/mol. The van der Waals surface area contributed by atoms with Gasteiger partial charge in [-0.3, -0.25) is 25.0 Å². The van der Waals surface area contributed by atoms with Crippen LogP contribution in [0.3, 0.4) is 0 Å². The number of aromatic nitrogens is 2. The van der Waals surface area contributed by atoms with Crippen molar-refractivity contribution in [3.63, 3.8) is 0 Å². The highest BCUT2D eigenvalue weighted by Crippen LogP contribution is 2.11. The summed E-state index contributed by atoms with van der Waals surface area (Å²) in [6.07, 6.45) is 0. The van der Waals surface area contributed by atoms with Gasteiger partial charge in [0.2, 0.25) is 5.95 Å². The number of para-hydroxylation sites is 1. The van der Waals surface area contributed by atoms with Gasteiger partial charge in [-0.15, -0.1) is 11.3 Å². The monoisotopic (exact) mass is 314 g/mol. The summed E-state index contributed by atoms with van der Waals surface area (Å²) in [5.41, 5.74) is 5.76. The SMILES string of the molecule is CCn1c(NNC(=O)c2cccs2)nc2ccccc2c1=O. The van der Waals surface area contributed by atoms with Crippen molar-refractivity contribution in [3.8, 4) is 0 Å². The van der Waals surface area contributed by atoms with Crippen LogP contribution < -0.4 is 16.4 Å². The van der Waals surface area contributed by atoms with Gasteiger partial charge >= 0.3 is 0 Å². The molecule has 3 rings (SSSR count). The number of nitrogens with one attached hydrogen (secondary N) is 2. The smallest absolute Gasteiger partial charge is 0.277 e. The molecule has 1 amide bonds. The van der Waals surface area contributed by atoms with Crippen LogP contribution in [0.15, 0.2) is 46.6 Å². The third kappa shape index (κ3) is 2.58. The highest BCUT2D eigenvalue weighted by atomic mass is 32.1. The number of fused-ring (bicyclic) bond motifs is 1. The average molecular weight is 314 g/mol. The lowest BCUT2D eigenvalue weighted by Gasteiger charge is -2.13. The van der Waals surface area contributed by atoms with Crippen molar-refractivity contribution in [2.75, 3.05) is 5.43 Å². The Bertz CT molecular complexity index is 871. The predicted octanol–water partition coefficient (Wildman–Crippen LogP) is 2.23. The van der Waals surface area contributed by atoms with E-state index in [9.17, 15) is 9.59 Å². The zero-order chi connectivity index (χ0) is 15.5. The molecule has 0 radical (unpaired) electrons. The maximum atomic E-state index is 12.4. The molecular formula is C15H14N4O2S.